The van der Waals surface area contributed by atoms with E-state index < -0.39 is 5.97 Å². The Morgan fingerprint density at radius 3 is 3.05 bits per heavy atom. The number of allylic oxidation sites excluding steroid dienone is 1. The van der Waals surface area contributed by atoms with Gasteiger partial charge in [0.25, 0.3) is 0 Å². The van der Waals surface area contributed by atoms with Crippen LogP contribution in [0.3, 0.4) is 0 Å². The highest BCUT2D eigenvalue weighted by molar-refractivity contribution is 5.90. The molecule has 2 N–H and O–H groups in total. The molecule has 1 aliphatic rings. The van der Waals surface area contributed by atoms with Crippen LogP contribution in [0, 0.1) is 6.92 Å². The van der Waals surface area contributed by atoms with Gasteiger partial charge in [-0.2, -0.15) is 4.68 Å². The standard InChI is InChI=1S/C12H11N5O2/c1-7-3-2-4-8(5-7)10-6-9(11(18)19)13-12-14-15-16-17(10)12/h2-6,10H,1H3,(H,18,19)(H,13,14,16)/t10-/m0/s1. The van der Waals surface area contributed by atoms with Crippen molar-refractivity contribution in [3.8, 4) is 0 Å². The number of hydrogen-bond acceptors (Lipinski definition) is 5. The molecule has 0 fully saturated rings. The molecule has 0 bridgehead atoms. The molecule has 19 heavy (non-hydrogen) atoms. The van der Waals surface area contributed by atoms with Crippen molar-refractivity contribution in [1.82, 2.24) is 20.2 Å². The van der Waals surface area contributed by atoms with Crippen LogP contribution in [-0.2, 0) is 4.79 Å². The third kappa shape index (κ3) is 1.95. The number of carbonyl (C=O) groups is 1. The Balaban J connectivity index is 2.11. The molecule has 7 heteroatoms. The Morgan fingerprint density at radius 1 is 1.47 bits per heavy atom. The second-order valence-corrected chi connectivity index (χ2v) is 4.32. The molecule has 1 aromatic carbocycles. The highest BCUT2D eigenvalue weighted by atomic mass is 16.4. The van der Waals surface area contributed by atoms with Gasteiger partial charge in [0.1, 0.15) is 11.7 Å². The van der Waals surface area contributed by atoms with E-state index in [1.165, 1.54) is 0 Å². The first kappa shape index (κ1) is 11.4. The average Bonchev–Trinajstić information content (AvgIpc) is 2.85. The van der Waals surface area contributed by atoms with Crippen molar-refractivity contribution in [3.63, 3.8) is 0 Å². The zero-order chi connectivity index (χ0) is 13.4. The topological polar surface area (TPSA) is 92.9 Å². The van der Waals surface area contributed by atoms with Crippen LogP contribution in [0.5, 0.6) is 0 Å². The molecular formula is C12H11N5O2. The van der Waals surface area contributed by atoms with Crippen LogP contribution in [0.2, 0.25) is 0 Å². The Hall–Kier alpha value is -2.70. The summed E-state index contributed by atoms with van der Waals surface area (Å²) < 4.78 is 1.56. The number of aryl methyl sites for hydroxylation is 1. The Kier molecular flexibility index (Phi) is 2.52. The van der Waals surface area contributed by atoms with Crippen LogP contribution in [0.1, 0.15) is 17.2 Å². The van der Waals surface area contributed by atoms with Crippen molar-refractivity contribution < 1.29 is 9.90 Å². The molecule has 0 radical (unpaired) electrons. The molecule has 2 heterocycles. The fourth-order valence-corrected chi connectivity index (χ4v) is 2.07. The Morgan fingerprint density at radius 2 is 2.32 bits per heavy atom. The molecule has 0 saturated heterocycles. The minimum atomic E-state index is -1.04. The third-order valence-corrected chi connectivity index (χ3v) is 2.94. The first-order chi connectivity index (χ1) is 9.15. The molecule has 1 aliphatic heterocycles. The number of carboxylic acid groups (broad SMARTS) is 1. The van der Waals surface area contributed by atoms with E-state index in [0.717, 1.165) is 11.1 Å². The molecular weight excluding hydrogens is 246 g/mol. The molecule has 7 nitrogen and oxygen atoms in total. The molecule has 0 amide bonds. The number of aliphatic carboxylic acids is 1. The van der Waals surface area contributed by atoms with E-state index in [9.17, 15) is 4.79 Å². The molecule has 1 atom stereocenters. The van der Waals surface area contributed by atoms with Gasteiger partial charge in [-0.05, 0) is 29.0 Å². The number of aromatic nitrogens is 4. The summed E-state index contributed by atoms with van der Waals surface area (Å²) in [6.07, 6.45) is 1.60. The number of tetrazole rings is 1. The van der Waals surface area contributed by atoms with Gasteiger partial charge in [-0.1, -0.05) is 34.9 Å². The molecule has 0 aliphatic carbocycles. The van der Waals surface area contributed by atoms with Gasteiger partial charge in [-0.15, -0.1) is 0 Å². The monoisotopic (exact) mass is 257 g/mol. The normalized spacial score (nSPS) is 17.3. The summed E-state index contributed by atoms with van der Waals surface area (Å²) in [5.41, 5.74) is 2.11. The summed E-state index contributed by atoms with van der Waals surface area (Å²) in [4.78, 5) is 11.1. The average molecular weight is 257 g/mol. The van der Waals surface area contributed by atoms with Gasteiger partial charge in [0.15, 0.2) is 0 Å². The predicted molar refractivity (Wildman–Crippen MR) is 66.5 cm³/mol. The van der Waals surface area contributed by atoms with E-state index in [0.29, 0.717) is 5.95 Å². The second kappa shape index (κ2) is 4.20. The van der Waals surface area contributed by atoms with Gasteiger partial charge in [0.2, 0.25) is 5.95 Å². The molecule has 3 rings (SSSR count). The van der Waals surface area contributed by atoms with Crippen molar-refractivity contribution in [3.05, 3.63) is 47.2 Å². The van der Waals surface area contributed by atoms with Crippen LogP contribution in [-0.4, -0.2) is 31.3 Å². The highest BCUT2D eigenvalue weighted by Gasteiger charge is 2.26. The van der Waals surface area contributed by atoms with Gasteiger partial charge in [0.05, 0.1) is 0 Å². The highest BCUT2D eigenvalue weighted by Crippen LogP contribution is 2.27. The van der Waals surface area contributed by atoms with Crippen molar-refractivity contribution in [2.75, 3.05) is 5.32 Å². The molecule has 96 valence electrons. The summed E-state index contributed by atoms with van der Waals surface area (Å²) >= 11 is 0. The molecule has 0 saturated carbocycles. The Labute approximate surface area is 108 Å². The predicted octanol–water partition coefficient (Wildman–Crippen LogP) is 0.965. The third-order valence-electron chi connectivity index (χ3n) is 2.94. The largest absolute Gasteiger partial charge is 0.477 e. The summed E-state index contributed by atoms with van der Waals surface area (Å²) in [6, 6.07) is 7.48. The fraction of sp³-hybridized carbons (Fsp3) is 0.167. The summed E-state index contributed by atoms with van der Waals surface area (Å²) in [7, 11) is 0. The lowest BCUT2D eigenvalue weighted by Crippen LogP contribution is -2.24. The van der Waals surface area contributed by atoms with E-state index >= 15 is 0 Å². The van der Waals surface area contributed by atoms with Gasteiger partial charge < -0.3 is 10.4 Å². The van der Waals surface area contributed by atoms with Crippen molar-refractivity contribution in [1.29, 1.82) is 0 Å². The number of hydrogen-bond donors (Lipinski definition) is 2. The van der Waals surface area contributed by atoms with Gasteiger partial charge in [-0.25, -0.2) is 4.79 Å². The number of fused-ring (bicyclic) bond motifs is 1. The maximum atomic E-state index is 11.1. The lowest BCUT2D eigenvalue weighted by molar-refractivity contribution is -0.132. The zero-order valence-corrected chi connectivity index (χ0v) is 10.1. The lowest BCUT2D eigenvalue weighted by Gasteiger charge is -2.21. The zero-order valence-electron chi connectivity index (χ0n) is 10.1. The molecule has 0 spiro atoms. The van der Waals surface area contributed by atoms with Crippen molar-refractivity contribution >= 4 is 11.9 Å². The van der Waals surface area contributed by atoms with Gasteiger partial charge in [0, 0.05) is 0 Å². The van der Waals surface area contributed by atoms with Crippen LogP contribution in [0.15, 0.2) is 36.0 Å². The lowest BCUT2D eigenvalue weighted by atomic mass is 10.0. The quantitative estimate of drug-likeness (QED) is 0.832. The van der Waals surface area contributed by atoms with Gasteiger partial charge in [-0.3, -0.25) is 0 Å². The number of nitrogens with one attached hydrogen (secondary N) is 1. The van der Waals surface area contributed by atoms with Crippen molar-refractivity contribution in [2.45, 2.75) is 13.0 Å². The van der Waals surface area contributed by atoms with Crippen LogP contribution >= 0.6 is 0 Å². The van der Waals surface area contributed by atoms with E-state index in [-0.39, 0.29) is 11.7 Å². The number of carboxylic acids is 1. The fourth-order valence-electron chi connectivity index (χ4n) is 2.07. The molecule has 0 unspecified atom stereocenters. The molecule has 1 aromatic heterocycles. The van der Waals surface area contributed by atoms with E-state index in [2.05, 4.69) is 20.8 Å². The minimum absolute atomic E-state index is 0.0776. The summed E-state index contributed by atoms with van der Waals surface area (Å²) in [5.74, 6) is -0.710. The first-order valence-electron chi connectivity index (χ1n) is 5.72. The van der Waals surface area contributed by atoms with E-state index in [4.69, 9.17) is 5.11 Å². The van der Waals surface area contributed by atoms with Crippen molar-refractivity contribution in [2.24, 2.45) is 0 Å². The maximum Gasteiger partial charge on any atom is 0.352 e. The van der Waals surface area contributed by atoms with E-state index in [1.807, 2.05) is 31.2 Å². The SMILES string of the molecule is Cc1cccc([C@@H]2C=C(C(=O)O)Nc3nnnn32)c1. The number of rotatable bonds is 2. The number of nitrogens with zero attached hydrogens (tertiary/aromatic N) is 4. The van der Waals surface area contributed by atoms with Crippen LogP contribution < -0.4 is 5.32 Å². The van der Waals surface area contributed by atoms with Crippen LogP contribution in [0.4, 0.5) is 5.95 Å². The molecule has 2 aromatic rings. The minimum Gasteiger partial charge on any atom is -0.477 e. The van der Waals surface area contributed by atoms with E-state index in [1.54, 1.807) is 10.8 Å². The maximum absolute atomic E-state index is 11.1. The number of anilines is 1. The smallest absolute Gasteiger partial charge is 0.352 e. The Bertz CT molecular complexity index is 676. The second-order valence-electron chi connectivity index (χ2n) is 4.32. The van der Waals surface area contributed by atoms with Crippen LogP contribution in [0.25, 0.3) is 0 Å². The van der Waals surface area contributed by atoms with Gasteiger partial charge >= 0.3 is 5.97 Å². The summed E-state index contributed by atoms with van der Waals surface area (Å²) in [5, 5.41) is 23.0. The summed E-state index contributed by atoms with van der Waals surface area (Å²) in [6.45, 7) is 1.98. The number of benzene rings is 1. The first-order valence-corrected chi connectivity index (χ1v) is 5.72.